The van der Waals surface area contributed by atoms with Gasteiger partial charge in [0.05, 0.1) is 13.2 Å². The van der Waals surface area contributed by atoms with Gasteiger partial charge in [-0.05, 0) is 30.5 Å². The molecule has 1 amide bonds. The lowest BCUT2D eigenvalue weighted by Crippen LogP contribution is -2.40. The molecule has 104 valence electrons. The summed E-state index contributed by atoms with van der Waals surface area (Å²) in [6.07, 6.45) is 0. The molecule has 1 fully saturated rings. The Balaban J connectivity index is 1.99. The van der Waals surface area contributed by atoms with Gasteiger partial charge < -0.3 is 14.7 Å². The molecule has 1 saturated heterocycles. The summed E-state index contributed by atoms with van der Waals surface area (Å²) in [5.41, 5.74) is 1.61. The molecule has 1 heterocycles. The van der Waals surface area contributed by atoms with Crippen LogP contribution >= 0.6 is 0 Å². The monoisotopic (exact) mass is 271 g/mol. The Hall–Kier alpha value is -2.07. The fourth-order valence-electron chi connectivity index (χ4n) is 2.52. The molecule has 0 aliphatic carbocycles. The van der Waals surface area contributed by atoms with E-state index in [2.05, 4.69) is 0 Å². The van der Waals surface area contributed by atoms with E-state index in [4.69, 9.17) is 4.74 Å². The van der Waals surface area contributed by atoms with Crippen molar-refractivity contribution in [1.82, 2.24) is 4.90 Å². The minimum Gasteiger partial charge on any atom is -0.507 e. The van der Waals surface area contributed by atoms with E-state index in [1.807, 2.05) is 31.2 Å². The van der Waals surface area contributed by atoms with E-state index in [-0.39, 0.29) is 11.7 Å². The van der Waals surface area contributed by atoms with E-state index in [1.54, 1.807) is 11.0 Å². The van der Waals surface area contributed by atoms with E-state index in [1.165, 1.54) is 0 Å². The Morgan fingerprint density at radius 1 is 1.20 bits per heavy atom. The van der Waals surface area contributed by atoms with Crippen LogP contribution in [0.15, 0.2) is 30.3 Å². The molecule has 0 spiro atoms. The lowest BCUT2D eigenvalue weighted by Gasteiger charge is -2.27. The van der Waals surface area contributed by atoms with E-state index in [0.29, 0.717) is 31.9 Å². The first-order valence-electron chi connectivity index (χ1n) is 6.75. The van der Waals surface area contributed by atoms with Crippen molar-refractivity contribution in [2.24, 2.45) is 0 Å². The topological polar surface area (TPSA) is 49.8 Å². The number of morpholine rings is 1. The van der Waals surface area contributed by atoms with E-state index < -0.39 is 0 Å². The normalized spacial score (nSPS) is 15.6. The van der Waals surface area contributed by atoms with Gasteiger partial charge in [0, 0.05) is 24.0 Å². The van der Waals surface area contributed by atoms with Crippen LogP contribution < -0.4 is 0 Å². The molecule has 4 heteroatoms. The quantitative estimate of drug-likeness (QED) is 0.866. The summed E-state index contributed by atoms with van der Waals surface area (Å²) < 4.78 is 5.25. The average Bonchev–Trinajstić information content (AvgIpc) is 2.48. The number of nitrogens with zero attached hydrogens (tertiary/aromatic N) is 1. The number of rotatable bonds is 1. The van der Waals surface area contributed by atoms with Gasteiger partial charge in [0.2, 0.25) is 0 Å². The molecule has 3 rings (SSSR count). The van der Waals surface area contributed by atoms with Crippen LogP contribution in [0.5, 0.6) is 5.75 Å². The van der Waals surface area contributed by atoms with Gasteiger partial charge in [0.25, 0.3) is 5.91 Å². The Kier molecular flexibility index (Phi) is 3.32. The minimum atomic E-state index is -0.0499. The number of fused-ring (bicyclic) bond motifs is 1. The minimum absolute atomic E-state index is 0.0499. The van der Waals surface area contributed by atoms with Gasteiger partial charge in [-0.1, -0.05) is 17.7 Å². The summed E-state index contributed by atoms with van der Waals surface area (Å²) >= 11 is 0. The van der Waals surface area contributed by atoms with Crippen LogP contribution in [0.2, 0.25) is 0 Å². The molecule has 2 aromatic rings. The molecular weight excluding hydrogens is 254 g/mol. The maximum absolute atomic E-state index is 12.4. The Morgan fingerprint density at radius 3 is 2.70 bits per heavy atom. The van der Waals surface area contributed by atoms with Crippen molar-refractivity contribution < 1.29 is 14.6 Å². The number of phenols is 1. The second kappa shape index (κ2) is 5.13. The third-order valence-electron chi connectivity index (χ3n) is 3.63. The van der Waals surface area contributed by atoms with Crippen molar-refractivity contribution in [2.75, 3.05) is 26.3 Å². The molecule has 1 aliphatic heterocycles. The summed E-state index contributed by atoms with van der Waals surface area (Å²) in [7, 11) is 0. The largest absolute Gasteiger partial charge is 0.507 e. The van der Waals surface area contributed by atoms with Crippen LogP contribution in [-0.4, -0.2) is 42.2 Å². The van der Waals surface area contributed by atoms with Gasteiger partial charge in [-0.3, -0.25) is 4.79 Å². The van der Waals surface area contributed by atoms with Crippen LogP contribution in [-0.2, 0) is 4.74 Å². The zero-order valence-electron chi connectivity index (χ0n) is 11.4. The van der Waals surface area contributed by atoms with Gasteiger partial charge in [0.1, 0.15) is 5.75 Å². The summed E-state index contributed by atoms with van der Waals surface area (Å²) in [4.78, 5) is 14.2. The number of hydrogen-bond donors (Lipinski definition) is 1. The molecule has 1 N–H and O–H groups in total. The smallest absolute Gasteiger partial charge is 0.254 e. The standard InChI is InChI=1S/C16H17NO3/c1-11-2-3-12-9-13(10-15(18)14(12)8-11)16(19)17-4-6-20-7-5-17/h2-3,8-10,18H,4-7H2,1H3. The van der Waals surface area contributed by atoms with Crippen molar-refractivity contribution in [1.29, 1.82) is 0 Å². The predicted molar refractivity (Wildman–Crippen MR) is 77.1 cm³/mol. The Morgan fingerprint density at radius 2 is 1.95 bits per heavy atom. The third kappa shape index (κ3) is 2.34. The molecule has 20 heavy (non-hydrogen) atoms. The lowest BCUT2D eigenvalue weighted by molar-refractivity contribution is 0.0303. The van der Waals surface area contributed by atoms with E-state index in [9.17, 15) is 9.90 Å². The zero-order valence-corrected chi connectivity index (χ0v) is 11.4. The van der Waals surface area contributed by atoms with Crippen molar-refractivity contribution in [2.45, 2.75) is 6.92 Å². The first kappa shape index (κ1) is 12.9. The maximum atomic E-state index is 12.4. The Bertz CT molecular complexity index is 660. The fourth-order valence-corrected chi connectivity index (χ4v) is 2.52. The van der Waals surface area contributed by atoms with Gasteiger partial charge in [-0.25, -0.2) is 0 Å². The molecule has 0 radical (unpaired) electrons. The van der Waals surface area contributed by atoms with E-state index >= 15 is 0 Å². The number of hydrogen-bond acceptors (Lipinski definition) is 3. The highest BCUT2D eigenvalue weighted by Gasteiger charge is 2.19. The molecule has 0 aromatic heterocycles. The predicted octanol–water partition coefficient (Wildman–Crippen LogP) is 2.33. The third-order valence-corrected chi connectivity index (χ3v) is 3.63. The number of carbonyl (C=O) groups excluding carboxylic acids is 1. The Labute approximate surface area is 117 Å². The van der Waals surface area contributed by atoms with Gasteiger partial charge in [0.15, 0.2) is 0 Å². The highest BCUT2D eigenvalue weighted by atomic mass is 16.5. The van der Waals surface area contributed by atoms with Crippen LogP contribution in [0.1, 0.15) is 15.9 Å². The van der Waals surface area contributed by atoms with Gasteiger partial charge >= 0.3 is 0 Å². The summed E-state index contributed by atoms with van der Waals surface area (Å²) in [6, 6.07) is 9.23. The molecule has 0 unspecified atom stereocenters. The first-order valence-corrected chi connectivity index (χ1v) is 6.75. The summed E-state index contributed by atoms with van der Waals surface area (Å²) in [5, 5.41) is 11.8. The van der Waals surface area contributed by atoms with Crippen molar-refractivity contribution in [3.63, 3.8) is 0 Å². The molecular formula is C16H17NO3. The van der Waals surface area contributed by atoms with Crippen molar-refractivity contribution in [3.8, 4) is 5.75 Å². The second-order valence-electron chi connectivity index (χ2n) is 5.12. The second-order valence-corrected chi connectivity index (χ2v) is 5.12. The number of phenolic OH excluding ortho intramolecular Hbond substituents is 1. The van der Waals surface area contributed by atoms with Crippen LogP contribution in [0.3, 0.4) is 0 Å². The molecule has 4 nitrogen and oxygen atoms in total. The summed E-state index contributed by atoms with van der Waals surface area (Å²) in [6.45, 7) is 4.33. The zero-order chi connectivity index (χ0) is 14.1. The van der Waals surface area contributed by atoms with Crippen LogP contribution in [0, 0.1) is 6.92 Å². The molecule has 2 aromatic carbocycles. The number of amides is 1. The van der Waals surface area contributed by atoms with Crippen molar-refractivity contribution >= 4 is 16.7 Å². The van der Waals surface area contributed by atoms with Gasteiger partial charge in [-0.2, -0.15) is 0 Å². The number of aryl methyl sites for hydroxylation is 1. The highest BCUT2D eigenvalue weighted by molar-refractivity contribution is 6.01. The molecule has 1 aliphatic rings. The number of aromatic hydroxyl groups is 1. The molecule has 0 bridgehead atoms. The van der Waals surface area contributed by atoms with Gasteiger partial charge in [-0.15, -0.1) is 0 Å². The van der Waals surface area contributed by atoms with Crippen LogP contribution in [0.4, 0.5) is 0 Å². The first-order chi connectivity index (χ1) is 9.65. The fraction of sp³-hybridized carbons (Fsp3) is 0.312. The number of carbonyl (C=O) groups is 1. The average molecular weight is 271 g/mol. The van der Waals surface area contributed by atoms with Crippen LogP contribution in [0.25, 0.3) is 10.8 Å². The molecule has 0 atom stereocenters. The highest BCUT2D eigenvalue weighted by Crippen LogP contribution is 2.28. The number of benzene rings is 2. The maximum Gasteiger partial charge on any atom is 0.254 e. The van der Waals surface area contributed by atoms with E-state index in [0.717, 1.165) is 16.3 Å². The summed E-state index contributed by atoms with van der Waals surface area (Å²) in [5.74, 6) is 0.105. The SMILES string of the molecule is Cc1ccc2cc(C(=O)N3CCOCC3)cc(O)c2c1. The number of ether oxygens (including phenoxy) is 1. The van der Waals surface area contributed by atoms with Crippen molar-refractivity contribution in [3.05, 3.63) is 41.5 Å². The lowest BCUT2D eigenvalue weighted by atomic mass is 10.0. The molecule has 0 saturated carbocycles.